The van der Waals surface area contributed by atoms with Crippen LogP contribution in [0.5, 0.6) is 0 Å². The Balaban J connectivity index is 1.40. The number of rotatable bonds is 6. The minimum absolute atomic E-state index is 0.00291. The number of likely N-dealkylation sites (N-methyl/N-ethyl adjacent to an activating group) is 1. The number of fused-ring (bicyclic) bond motifs is 5. The second kappa shape index (κ2) is 11.1. The summed E-state index contributed by atoms with van der Waals surface area (Å²) in [6, 6.07) is 6.15. The average Bonchev–Trinajstić information content (AvgIpc) is 3.75. The molecule has 0 amide bonds. The van der Waals surface area contributed by atoms with Crippen LogP contribution < -0.4 is 10.6 Å². The molecule has 1 aromatic carbocycles. The van der Waals surface area contributed by atoms with E-state index >= 15 is 8.78 Å². The van der Waals surface area contributed by atoms with Crippen molar-refractivity contribution < 1.29 is 21.6 Å². The number of nitrogens with zero attached hydrogens (tertiary/aromatic N) is 9. The molecule has 1 saturated heterocycles. The minimum atomic E-state index is -3.99. The van der Waals surface area contributed by atoms with Crippen molar-refractivity contribution in [2.24, 2.45) is 0 Å². The molecule has 48 heavy (non-hydrogen) atoms. The molecule has 0 radical (unpaired) electrons. The van der Waals surface area contributed by atoms with Gasteiger partial charge in [0.25, 0.3) is 10.0 Å². The summed E-state index contributed by atoms with van der Waals surface area (Å²) in [6.45, 7) is 4.90. The highest BCUT2D eigenvalue weighted by molar-refractivity contribution is 7.89. The van der Waals surface area contributed by atoms with Crippen molar-refractivity contribution in [3.8, 4) is 0 Å². The van der Waals surface area contributed by atoms with Crippen LogP contribution in [-0.4, -0.2) is 85.3 Å². The molecule has 13 nitrogen and oxygen atoms in total. The van der Waals surface area contributed by atoms with Gasteiger partial charge in [0.1, 0.15) is 34.6 Å². The molecule has 2 aliphatic rings. The van der Waals surface area contributed by atoms with Gasteiger partial charge in [-0.05, 0) is 44.0 Å². The molecule has 0 spiro atoms. The SMILES string of the molecule is CC(C)c1nccc2oc3cccc(F)c3c3nc4c(cc3F)c(N3CCN(C)CC3CS(=O)(=O)n3cnc(C5CC5)n3)nc(=O)n4c12. The average molecular weight is 676 g/mol. The fourth-order valence-corrected chi connectivity index (χ4v) is 7.82. The number of piperazine rings is 1. The van der Waals surface area contributed by atoms with Crippen LogP contribution in [0.2, 0.25) is 0 Å². The predicted octanol–water partition coefficient (Wildman–Crippen LogP) is 3.97. The Hall–Kier alpha value is -4.83. The maximum Gasteiger partial charge on any atom is 0.356 e. The highest BCUT2D eigenvalue weighted by Crippen LogP contribution is 2.38. The van der Waals surface area contributed by atoms with Gasteiger partial charge in [-0.2, -0.15) is 4.98 Å². The Bertz CT molecular complexity index is 2470. The monoisotopic (exact) mass is 675 g/mol. The zero-order valence-corrected chi connectivity index (χ0v) is 27.2. The molecule has 6 heterocycles. The Morgan fingerprint density at radius 1 is 1.04 bits per heavy atom. The third-order valence-corrected chi connectivity index (χ3v) is 10.5. The van der Waals surface area contributed by atoms with E-state index in [-0.39, 0.29) is 68.6 Å². The number of benzene rings is 1. The summed E-state index contributed by atoms with van der Waals surface area (Å²) >= 11 is 0. The quantitative estimate of drug-likeness (QED) is 0.253. The van der Waals surface area contributed by atoms with E-state index in [0.29, 0.717) is 24.6 Å². The van der Waals surface area contributed by atoms with Crippen molar-refractivity contribution in [3.05, 3.63) is 76.5 Å². The van der Waals surface area contributed by atoms with Gasteiger partial charge >= 0.3 is 5.69 Å². The molecule has 1 aliphatic heterocycles. The van der Waals surface area contributed by atoms with Crippen LogP contribution in [0.4, 0.5) is 14.6 Å². The van der Waals surface area contributed by atoms with E-state index in [9.17, 15) is 13.2 Å². The maximum atomic E-state index is 16.2. The normalized spacial score (nSPS) is 17.8. The Morgan fingerprint density at radius 2 is 1.85 bits per heavy atom. The van der Waals surface area contributed by atoms with Crippen LogP contribution in [-0.2, 0) is 10.0 Å². The summed E-state index contributed by atoms with van der Waals surface area (Å²) in [5, 5.41) is 4.18. The fraction of sp³-hybridized carbons (Fsp3) is 0.375. The van der Waals surface area contributed by atoms with Crippen LogP contribution >= 0.6 is 0 Å². The maximum absolute atomic E-state index is 16.2. The van der Waals surface area contributed by atoms with Crippen molar-refractivity contribution in [2.45, 2.75) is 44.6 Å². The van der Waals surface area contributed by atoms with E-state index in [1.54, 1.807) is 11.0 Å². The van der Waals surface area contributed by atoms with Gasteiger partial charge in [0.15, 0.2) is 22.9 Å². The molecule has 1 aliphatic carbocycles. The van der Waals surface area contributed by atoms with E-state index in [4.69, 9.17) is 4.42 Å². The standard InChI is InChI=1S/C32H31F2N9O4S/c1-17(2)26-28-24(9-10-35-26)47-23-6-4-5-21(33)25(23)27-22(34)13-20-30(38-32(44)43(28)31(20)37-27)41-12-11-40(3)14-19(41)15-48(45,46)42-16-36-29(39-42)18-7-8-18/h4-6,9-10,13,16-19H,7-8,11-12,14-15H2,1-3H3. The lowest BCUT2D eigenvalue weighted by atomic mass is 10.1. The Kier molecular flexibility index (Phi) is 7.07. The minimum Gasteiger partial charge on any atom is -0.454 e. The van der Waals surface area contributed by atoms with Crippen molar-refractivity contribution in [1.82, 2.24) is 38.4 Å². The lowest BCUT2D eigenvalue weighted by molar-refractivity contribution is 0.275. The van der Waals surface area contributed by atoms with Crippen LogP contribution in [0.1, 0.15) is 50.0 Å². The smallest absolute Gasteiger partial charge is 0.356 e. The van der Waals surface area contributed by atoms with Gasteiger partial charge in [-0.3, -0.25) is 4.98 Å². The highest BCUT2D eigenvalue weighted by Gasteiger charge is 2.35. The molecular weight excluding hydrogens is 644 g/mol. The highest BCUT2D eigenvalue weighted by atomic mass is 32.2. The van der Waals surface area contributed by atoms with E-state index in [1.807, 2.05) is 25.8 Å². The second-order valence-corrected chi connectivity index (χ2v) is 14.7. The number of hydrogen-bond donors (Lipinski definition) is 0. The Morgan fingerprint density at radius 3 is 2.62 bits per heavy atom. The molecule has 2 fully saturated rings. The number of pyridine rings is 2. The predicted molar refractivity (Wildman–Crippen MR) is 174 cm³/mol. The summed E-state index contributed by atoms with van der Waals surface area (Å²) in [4.78, 5) is 35.7. The van der Waals surface area contributed by atoms with Crippen LogP contribution in [0.25, 0.3) is 38.6 Å². The lowest BCUT2D eigenvalue weighted by Crippen LogP contribution is -2.55. The first-order chi connectivity index (χ1) is 23.0. The van der Waals surface area contributed by atoms with Gasteiger partial charge in [-0.25, -0.2) is 36.4 Å². The number of aromatic nitrogens is 7. The molecule has 1 unspecified atom stereocenters. The van der Waals surface area contributed by atoms with E-state index in [1.165, 1.54) is 41.2 Å². The summed E-state index contributed by atoms with van der Waals surface area (Å²) in [5.74, 6) is -1.45. The molecular formula is C32H31F2N9O4S. The third-order valence-electron chi connectivity index (χ3n) is 9.00. The van der Waals surface area contributed by atoms with Crippen molar-refractivity contribution in [3.63, 3.8) is 0 Å². The van der Waals surface area contributed by atoms with E-state index < -0.39 is 33.4 Å². The summed E-state index contributed by atoms with van der Waals surface area (Å²) in [7, 11) is -2.12. The molecule has 5 aromatic heterocycles. The van der Waals surface area contributed by atoms with Gasteiger partial charge in [0, 0.05) is 37.8 Å². The number of hydrogen-bond acceptors (Lipinski definition) is 11. The first kappa shape index (κ1) is 30.5. The van der Waals surface area contributed by atoms with Crippen LogP contribution in [0.15, 0.2) is 52.1 Å². The molecule has 8 rings (SSSR count). The van der Waals surface area contributed by atoms with Gasteiger partial charge in [-0.1, -0.05) is 19.9 Å². The zero-order valence-electron chi connectivity index (χ0n) is 26.3. The molecule has 1 saturated carbocycles. The van der Waals surface area contributed by atoms with Gasteiger partial charge in [-0.15, -0.1) is 9.19 Å². The number of halogens is 2. The van der Waals surface area contributed by atoms with Crippen LogP contribution in [0.3, 0.4) is 0 Å². The first-order valence-electron chi connectivity index (χ1n) is 15.7. The number of anilines is 1. The van der Waals surface area contributed by atoms with Crippen molar-refractivity contribution >= 4 is 54.5 Å². The molecule has 2 bridgehead atoms. The summed E-state index contributed by atoms with van der Waals surface area (Å²) in [5.41, 5.74) is -0.172. The van der Waals surface area contributed by atoms with Gasteiger partial charge < -0.3 is 14.2 Å². The molecule has 1 atom stereocenters. The third kappa shape index (κ3) is 5.01. The van der Waals surface area contributed by atoms with Crippen LogP contribution in [0, 0.1) is 11.6 Å². The van der Waals surface area contributed by atoms with Crippen molar-refractivity contribution in [2.75, 3.05) is 37.3 Å². The topological polar surface area (TPSA) is 145 Å². The zero-order chi connectivity index (χ0) is 33.5. The molecule has 6 aromatic rings. The molecule has 248 valence electrons. The second-order valence-electron chi connectivity index (χ2n) is 12.8. The largest absolute Gasteiger partial charge is 0.454 e. The van der Waals surface area contributed by atoms with Crippen molar-refractivity contribution in [1.29, 1.82) is 0 Å². The fourth-order valence-electron chi connectivity index (χ4n) is 6.50. The molecule has 0 N–H and O–H groups in total. The Labute approximate surface area is 272 Å². The first-order valence-corrected chi connectivity index (χ1v) is 17.3. The van der Waals surface area contributed by atoms with Gasteiger partial charge in [0.05, 0.1) is 28.3 Å². The molecule has 16 heteroatoms. The summed E-state index contributed by atoms with van der Waals surface area (Å²) in [6.07, 6.45) is 4.58. The van der Waals surface area contributed by atoms with Gasteiger partial charge in [0.2, 0.25) is 0 Å². The van der Waals surface area contributed by atoms with E-state index in [0.717, 1.165) is 16.9 Å². The van der Waals surface area contributed by atoms with E-state index in [2.05, 4.69) is 25.0 Å². The summed E-state index contributed by atoms with van der Waals surface area (Å²) < 4.78 is 67.3. The lowest BCUT2D eigenvalue weighted by Gasteiger charge is -2.40.